The number of aryl methyl sites for hydroxylation is 2. The lowest BCUT2D eigenvalue weighted by Crippen LogP contribution is -2.12. The maximum Gasteiger partial charge on any atom is 0.227 e. The van der Waals surface area contributed by atoms with Crippen LogP contribution >= 0.6 is 11.3 Å². The summed E-state index contributed by atoms with van der Waals surface area (Å²) in [6.45, 7) is 2.04. The molecule has 0 spiro atoms. The Morgan fingerprint density at radius 1 is 1.07 bits per heavy atom. The highest BCUT2D eigenvalue weighted by atomic mass is 32.1. The molecule has 0 bridgehead atoms. The van der Waals surface area contributed by atoms with Crippen molar-refractivity contribution in [2.45, 2.75) is 19.8 Å². The highest BCUT2D eigenvalue weighted by Crippen LogP contribution is 2.25. The summed E-state index contributed by atoms with van der Waals surface area (Å²) in [5.41, 5.74) is 3.88. The van der Waals surface area contributed by atoms with Gasteiger partial charge in [-0.25, -0.2) is 4.98 Å². The molecule has 0 saturated carbocycles. The summed E-state index contributed by atoms with van der Waals surface area (Å²) in [5, 5.41) is 9.31. The van der Waals surface area contributed by atoms with Gasteiger partial charge in [0, 0.05) is 29.3 Å². The van der Waals surface area contributed by atoms with Gasteiger partial charge in [-0.15, -0.1) is 11.3 Å². The smallest absolute Gasteiger partial charge is 0.227 e. The van der Waals surface area contributed by atoms with Gasteiger partial charge in [-0.2, -0.15) is 4.98 Å². The molecule has 4 aromatic rings. The summed E-state index contributed by atoms with van der Waals surface area (Å²) in [6.07, 6.45) is 0.578. The van der Waals surface area contributed by atoms with Crippen molar-refractivity contribution in [2.75, 3.05) is 12.4 Å². The van der Waals surface area contributed by atoms with Crippen LogP contribution in [-0.4, -0.2) is 28.1 Å². The van der Waals surface area contributed by atoms with Gasteiger partial charge in [-0.3, -0.25) is 4.79 Å². The number of aromatic nitrogens is 3. The number of methoxy groups -OCH3 is 1. The zero-order valence-corrected chi connectivity index (χ0v) is 17.4. The van der Waals surface area contributed by atoms with Crippen LogP contribution in [0.3, 0.4) is 0 Å². The fourth-order valence-corrected chi connectivity index (χ4v) is 3.54. The normalized spacial score (nSPS) is 10.7. The monoisotopic (exact) mass is 420 g/mol. The molecule has 1 N–H and O–H groups in total. The van der Waals surface area contributed by atoms with Crippen LogP contribution in [0.15, 0.2) is 58.4 Å². The van der Waals surface area contributed by atoms with E-state index in [0.717, 1.165) is 22.6 Å². The van der Waals surface area contributed by atoms with Crippen molar-refractivity contribution >= 4 is 22.4 Å². The van der Waals surface area contributed by atoms with E-state index in [9.17, 15) is 4.79 Å². The van der Waals surface area contributed by atoms with Gasteiger partial charge < -0.3 is 14.6 Å². The van der Waals surface area contributed by atoms with Crippen LogP contribution in [0.4, 0.5) is 5.13 Å². The quantitative estimate of drug-likeness (QED) is 0.464. The number of benzene rings is 2. The second-order valence-electron chi connectivity index (χ2n) is 6.69. The van der Waals surface area contributed by atoms with E-state index in [-0.39, 0.29) is 12.3 Å². The van der Waals surface area contributed by atoms with Crippen LogP contribution in [0.2, 0.25) is 0 Å². The SMILES string of the molecule is COc1ccc(-c2noc(CCC(=O)Nc3nc(-c4ccc(C)cc4)cs3)n2)cc1. The number of anilines is 1. The van der Waals surface area contributed by atoms with Gasteiger partial charge in [0.1, 0.15) is 5.75 Å². The Kier molecular flexibility index (Phi) is 5.85. The van der Waals surface area contributed by atoms with Crippen molar-refractivity contribution in [2.24, 2.45) is 0 Å². The Morgan fingerprint density at radius 3 is 2.53 bits per heavy atom. The van der Waals surface area contributed by atoms with Gasteiger partial charge in [0.05, 0.1) is 12.8 Å². The molecular weight excluding hydrogens is 400 g/mol. The Morgan fingerprint density at radius 2 is 1.80 bits per heavy atom. The number of nitrogens with zero attached hydrogens (tertiary/aromatic N) is 3. The molecule has 2 heterocycles. The minimum Gasteiger partial charge on any atom is -0.497 e. The lowest BCUT2D eigenvalue weighted by Gasteiger charge is -2.00. The first kappa shape index (κ1) is 19.8. The largest absolute Gasteiger partial charge is 0.497 e. The number of thiazole rings is 1. The predicted octanol–water partition coefficient (Wildman–Crippen LogP) is 4.75. The Hall–Kier alpha value is -3.52. The molecule has 2 aromatic heterocycles. The lowest BCUT2D eigenvalue weighted by atomic mass is 10.1. The van der Waals surface area contributed by atoms with E-state index in [0.29, 0.717) is 23.3 Å². The van der Waals surface area contributed by atoms with E-state index in [1.54, 1.807) is 7.11 Å². The first-order valence-corrected chi connectivity index (χ1v) is 10.3. The second kappa shape index (κ2) is 8.87. The Labute approximate surface area is 177 Å². The molecule has 1 amide bonds. The summed E-state index contributed by atoms with van der Waals surface area (Å²) in [5.74, 6) is 1.50. The van der Waals surface area contributed by atoms with Gasteiger partial charge in [-0.05, 0) is 31.2 Å². The van der Waals surface area contributed by atoms with Gasteiger partial charge in [0.25, 0.3) is 0 Å². The molecule has 0 unspecified atom stereocenters. The Bertz CT molecular complexity index is 1130. The maximum absolute atomic E-state index is 12.3. The van der Waals surface area contributed by atoms with Crippen LogP contribution in [0.5, 0.6) is 5.75 Å². The molecule has 8 heteroatoms. The number of hydrogen-bond acceptors (Lipinski definition) is 7. The summed E-state index contributed by atoms with van der Waals surface area (Å²) in [6, 6.07) is 15.5. The first-order chi connectivity index (χ1) is 14.6. The minimum atomic E-state index is -0.149. The standard InChI is InChI=1S/C22H20N4O3S/c1-14-3-5-15(6-4-14)18-13-30-22(23-18)24-19(27)11-12-20-25-21(26-29-20)16-7-9-17(28-2)10-8-16/h3-10,13H,11-12H2,1-2H3,(H,23,24,27). The topological polar surface area (TPSA) is 90.1 Å². The fraction of sp³-hybridized carbons (Fsp3) is 0.182. The van der Waals surface area contributed by atoms with Crippen molar-refractivity contribution in [3.63, 3.8) is 0 Å². The highest BCUT2D eigenvalue weighted by molar-refractivity contribution is 7.14. The molecule has 0 radical (unpaired) electrons. The number of hydrogen-bond donors (Lipinski definition) is 1. The number of nitrogens with one attached hydrogen (secondary N) is 1. The number of carbonyl (C=O) groups is 1. The van der Waals surface area contributed by atoms with Crippen LogP contribution in [-0.2, 0) is 11.2 Å². The van der Waals surface area contributed by atoms with Gasteiger partial charge in [-0.1, -0.05) is 35.0 Å². The molecule has 0 saturated heterocycles. The molecule has 152 valence electrons. The van der Waals surface area contributed by atoms with Crippen LogP contribution in [0, 0.1) is 6.92 Å². The summed E-state index contributed by atoms with van der Waals surface area (Å²) >= 11 is 1.40. The predicted molar refractivity (Wildman–Crippen MR) is 116 cm³/mol. The van der Waals surface area contributed by atoms with Gasteiger partial charge in [0.15, 0.2) is 5.13 Å². The molecular formula is C22H20N4O3S. The number of ether oxygens (including phenoxy) is 1. The molecule has 0 aliphatic carbocycles. The van der Waals surface area contributed by atoms with E-state index in [1.807, 2.05) is 60.8 Å². The van der Waals surface area contributed by atoms with Crippen LogP contribution in [0.25, 0.3) is 22.6 Å². The summed E-state index contributed by atoms with van der Waals surface area (Å²) in [4.78, 5) is 21.1. The number of rotatable bonds is 7. The van der Waals surface area contributed by atoms with E-state index >= 15 is 0 Å². The summed E-state index contributed by atoms with van der Waals surface area (Å²) < 4.78 is 10.4. The third kappa shape index (κ3) is 4.72. The molecule has 4 rings (SSSR count). The van der Waals surface area contributed by atoms with Gasteiger partial charge >= 0.3 is 0 Å². The average molecular weight is 420 g/mol. The molecule has 2 aromatic carbocycles. The molecule has 0 atom stereocenters. The van der Waals surface area contributed by atoms with E-state index in [4.69, 9.17) is 9.26 Å². The third-order valence-corrected chi connectivity index (χ3v) is 5.24. The van der Waals surface area contributed by atoms with Crippen LogP contribution < -0.4 is 10.1 Å². The van der Waals surface area contributed by atoms with Crippen molar-refractivity contribution in [1.82, 2.24) is 15.1 Å². The van der Waals surface area contributed by atoms with E-state index in [1.165, 1.54) is 16.9 Å². The first-order valence-electron chi connectivity index (χ1n) is 9.40. The molecule has 0 fully saturated rings. The molecule has 0 aliphatic heterocycles. The summed E-state index contributed by atoms with van der Waals surface area (Å²) in [7, 11) is 1.61. The average Bonchev–Trinajstić information content (AvgIpc) is 3.43. The van der Waals surface area contributed by atoms with Gasteiger partial charge in [0.2, 0.25) is 17.6 Å². The molecule has 0 aliphatic rings. The van der Waals surface area contributed by atoms with Crippen LogP contribution in [0.1, 0.15) is 17.9 Å². The Balaban J connectivity index is 1.32. The van der Waals surface area contributed by atoms with E-state index in [2.05, 4.69) is 20.4 Å². The highest BCUT2D eigenvalue weighted by Gasteiger charge is 2.12. The fourth-order valence-electron chi connectivity index (χ4n) is 2.80. The minimum absolute atomic E-state index is 0.149. The van der Waals surface area contributed by atoms with Crippen molar-refractivity contribution in [3.8, 4) is 28.4 Å². The maximum atomic E-state index is 12.3. The van der Waals surface area contributed by atoms with Crippen molar-refractivity contribution in [1.29, 1.82) is 0 Å². The van der Waals surface area contributed by atoms with E-state index < -0.39 is 0 Å². The third-order valence-electron chi connectivity index (χ3n) is 4.48. The second-order valence-corrected chi connectivity index (χ2v) is 7.55. The number of carbonyl (C=O) groups excluding carboxylic acids is 1. The number of amides is 1. The lowest BCUT2D eigenvalue weighted by molar-refractivity contribution is -0.116. The zero-order chi connectivity index (χ0) is 20.9. The zero-order valence-electron chi connectivity index (χ0n) is 16.6. The van der Waals surface area contributed by atoms with Crippen molar-refractivity contribution in [3.05, 3.63) is 65.4 Å². The van der Waals surface area contributed by atoms with Crippen molar-refractivity contribution < 1.29 is 14.1 Å². The molecule has 30 heavy (non-hydrogen) atoms. The molecule has 7 nitrogen and oxygen atoms in total.